The summed E-state index contributed by atoms with van der Waals surface area (Å²) in [6.45, 7) is 1.21. The highest BCUT2D eigenvalue weighted by Gasteiger charge is 2.24. The normalized spacial score (nSPS) is 16.8. The van der Waals surface area contributed by atoms with E-state index in [4.69, 9.17) is 14.2 Å². The quantitative estimate of drug-likeness (QED) is 0.632. The molecule has 1 aromatic carbocycles. The van der Waals surface area contributed by atoms with E-state index in [2.05, 4.69) is 25.9 Å². The number of carbonyl (C=O) groups is 1. The highest BCUT2D eigenvalue weighted by molar-refractivity contribution is 9.10. The van der Waals surface area contributed by atoms with Crippen LogP contribution in [0.25, 0.3) is 6.08 Å². The number of nitrogens with zero attached hydrogens (tertiary/aromatic N) is 3. The molecule has 1 saturated heterocycles. The summed E-state index contributed by atoms with van der Waals surface area (Å²) in [5, 5.41) is 0. The fourth-order valence-corrected chi connectivity index (χ4v) is 3.18. The lowest BCUT2D eigenvalue weighted by Gasteiger charge is -2.31. The second-order valence-electron chi connectivity index (χ2n) is 6.30. The van der Waals surface area contributed by atoms with Crippen LogP contribution in [-0.4, -0.2) is 54.2 Å². The van der Waals surface area contributed by atoms with Gasteiger partial charge in [-0.05, 0) is 52.5 Å². The minimum Gasteiger partial charge on any atom is -0.493 e. The largest absolute Gasteiger partial charge is 0.493 e. The number of amides is 1. The first-order chi connectivity index (χ1) is 13.6. The number of ether oxygens (including phenoxy) is 3. The second kappa shape index (κ2) is 9.54. The number of aromatic nitrogens is 2. The van der Waals surface area contributed by atoms with Crippen molar-refractivity contribution in [2.45, 2.75) is 18.9 Å². The number of hydrogen-bond donors (Lipinski definition) is 0. The van der Waals surface area contributed by atoms with Gasteiger partial charge in [-0.1, -0.05) is 6.07 Å². The molecule has 0 bridgehead atoms. The lowest BCUT2D eigenvalue weighted by molar-refractivity contribution is -0.128. The van der Waals surface area contributed by atoms with Crippen LogP contribution in [0.15, 0.2) is 41.1 Å². The third-order valence-electron chi connectivity index (χ3n) is 4.38. The van der Waals surface area contributed by atoms with Gasteiger partial charge in [-0.2, -0.15) is 0 Å². The Morgan fingerprint density at radius 3 is 2.68 bits per heavy atom. The summed E-state index contributed by atoms with van der Waals surface area (Å²) in [5.41, 5.74) is 0.860. The number of halogens is 1. The first-order valence-corrected chi connectivity index (χ1v) is 9.71. The molecule has 1 unspecified atom stereocenters. The van der Waals surface area contributed by atoms with Gasteiger partial charge >= 0.3 is 6.01 Å². The molecule has 7 nitrogen and oxygen atoms in total. The summed E-state index contributed by atoms with van der Waals surface area (Å²) in [7, 11) is 3.17. The van der Waals surface area contributed by atoms with Crippen LogP contribution in [0.2, 0.25) is 0 Å². The van der Waals surface area contributed by atoms with Crippen molar-refractivity contribution in [3.63, 3.8) is 0 Å². The molecule has 1 aromatic heterocycles. The van der Waals surface area contributed by atoms with Crippen LogP contribution in [0, 0.1) is 0 Å². The monoisotopic (exact) mass is 447 g/mol. The van der Waals surface area contributed by atoms with Crippen molar-refractivity contribution in [2.75, 3.05) is 27.3 Å². The molecule has 1 aliphatic rings. The van der Waals surface area contributed by atoms with Gasteiger partial charge in [0.2, 0.25) is 5.91 Å². The van der Waals surface area contributed by atoms with Crippen molar-refractivity contribution in [2.24, 2.45) is 0 Å². The van der Waals surface area contributed by atoms with E-state index in [9.17, 15) is 4.79 Å². The number of hydrogen-bond acceptors (Lipinski definition) is 6. The molecule has 0 radical (unpaired) electrons. The smallest absolute Gasteiger partial charge is 0.316 e. The molecule has 0 aliphatic carbocycles. The lowest BCUT2D eigenvalue weighted by atomic mass is 10.1. The fourth-order valence-electron chi connectivity index (χ4n) is 2.97. The van der Waals surface area contributed by atoms with Gasteiger partial charge in [-0.25, -0.2) is 9.97 Å². The van der Waals surface area contributed by atoms with Crippen LogP contribution in [0.5, 0.6) is 17.5 Å². The molecule has 1 fully saturated rings. The molecule has 0 saturated carbocycles. The average Bonchev–Trinajstić information content (AvgIpc) is 2.73. The van der Waals surface area contributed by atoms with E-state index >= 15 is 0 Å². The summed E-state index contributed by atoms with van der Waals surface area (Å²) in [6, 6.07) is 5.84. The van der Waals surface area contributed by atoms with Gasteiger partial charge in [-0.3, -0.25) is 4.79 Å². The first kappa shape index (κ1) is 20.1. The Labute approximate surface area is 172 Å². The molecule has 1 aliphatic heterocycles. The van der Waals surface area contributed by atoms with Gasteiger partial charge in [0.25, 0.3) is 0 Å². The summed E-state index contributed by atoms with van der Waals surface area (Å²) < 4.78 is 17.1. The zero-order chi connectivity index (χ0) is 19.9. The molecule has 8 heteroatoms. The van der Waals surface area contributed by atoms with Crippen molar-refractivity contribution < 1.29 is 19.0 Å². The van der Waals surface area contributed by atoms with Crippen molar-refractivity contribution in [1.29, 1.82) is 0 Å². The summed E-state index contributed by atoms with van der Waals surface area (Å²) in [5.74, 6) is 1.22. The summed E-state index contributed by atoms with van der Waals surface area (Å²) >= 11 is 3.30. The van der Waals surface area contributed by atoms with Crippen molar-refractivity contribution >= 4 is 27.9 Å². The molecule has 148 valence electrons. The Morgan fingerprint density at radius 2 is 1.96 bits per heavy atom. The molecule has 28 heavy (non-hydrogen) atoms. The Hall–Kier alpha value is -2.61. The van der Waals surface area contributed by atoms with Gasteiger partial charge in [0.15, 0.2) is 11.5 Å². The van der Waals surface area contributed by atoms with Crippen LogP contribution >= 0.6 is 15.9 Å². The zero-order valence-electron chi connectivity index (χ0n) is 15.8. The minimum atomic E-state index is -0.117. The molecule has 1 amide bonds. The number of methoxy groups -OCH3 is 2. The highest BCUT2D eigenvalue weighted by Crippen LogP contribution is 2.28. The number of piperidine rings is 1. The van der Waals surface area contributed by atoms with E-state index < -0.39 is 0 Å². The Bertz CT molecular complexity index is 842. The molecular weight excluding hydrogens is 426 g/mol. The number of likely N-dealkylation sites (tertiary alicyclic amines) is 1. The van der Waals surface area contributed by atoms with Crippen molar-refractivity contribution in [1.82, 2.24) is 14.9 Å². The summed E-state index contributed by atoms with van der Waals surface area (Å²) in [6.07, 6.45) is 8.24. The van der Waals surface area contributed by atoms with Crippen molar-refractivity contribution in [3.05, 3.63) is 46.7 Å². The van der Waals surface area contributed by atoms with Crippen LogP contribution < -0.4 is 14.2 Å². The van der Waals surface area contributed by atoms with E-state index in [1.807, 2.05) is 18.2 Å². The SMILES string of the molecule is COc1ccc(/C=C/C(=O)N2CCCC(Oc3ncc(Br)cn3)C2)cc1OC. The Morgan fingerprint density at radius 1 is 1.21 bits per heavy atom. The predicted octanol–water partition coefficient (Wildman–Crippen LogP) is 3.34. The third kappa shape index (κ3) is 5.22. The third-order valence-corrected chi connectivity index (χ3v) is 4.79. The zero-order valence-corrected chi connectivity index (χ0v) is 17.4. The first-order valence-electron chi connectivity index (χ1n) is 8.92. The van der Waals surface area contributed by atoms with E-state index in [-0.39, 0.29) is 12.0 Å². The Kier molecular flexibility index (Phi) is 6.86. The standard InChI is InChI=1S/C20H22BrN3O4/c1-26-17-7-5-14(10-18(17)27-2)6-8-19(25)24-9-3-4-16(13-24)28-20-22-11-15(21)12-23-20/h5-8,10-12,16H,3-4,9,13H2,1-2H3/b8-6+. The lowest BCUT2D eigenvalue weighted by Crippen LogP contribution is -2.43. The van der Waals surface area contributed by atoms with Gasteiger partial charge in [0.05, 0.1) is 25.2 Å². The van der Waals surface area contributed by atoms with Gasteiger partial charge < -0.3 is 19.1 Å². The molecule has 0 spiro atoms. The molecule has 0 N–H and O–H groups in total. The Balaban J connectivity index is 1.60. The maximum atomic E-state index is 12.6. The molecule has 1 atom stereocenters. The number of carbonyl (C=O) groups excluding carboxylic acids is 1. The molecule has 2 aromatic rings. The second-order valence-corrected chi connectivity index (χ2v) is 7.21. The van der Waals surface area contributed by atoms with E-state index in [1.54, 1.807) is 43.7 Å². The van der Waals surface area contributed by atoms with Crippen molar-refractivity contribution in [3.8, 4) is 17.5 Å². The van der Waals surface area contributed by atoms with Gasteiger partial charge in [0.1, 0.15) is 6.10 Å². The maximum absolute atomic E-state index is 12.6. The number of benzene rings is 1. The summed E-state index contributed by atoms with van der Waals surface area (Å²) in [4.78, 5) is 22.6. The van der Waals surface area contributed by atoms with E-state index in [0.29, 0.717) is 30.6 Å². The van der Waals surface area contributed by atoms with Crippen LogP contribution in [-0.2, 0) is 4.79 Å². The molecule has 3 rings (SSSR count). The molecule has 2 heterocycles. The van der Waals surface area contributed by atoms with E-state index in [0.717, 1.165) is 22.9 Å². The van der Waals surface area contributed by atoms with Crippen LogP contribution in [0.3, 0.4) is 0 Å². The van der Waals surface area contributed by atoms with Gasteiger partial charge in [-0.15, -0.1) is 0 Å². The maximum Gasteiger partial charge on any atom is 0.316 e. The van der Waals surface area contributed by atoms with Crippen LogP contribution in [0.4, 0.5) is 0 Å². The molecular formula is C20H22BrN3O4. The van der Waals surface area contributed by atoms with Gasteiger partial charge in [0, 0.05) is 25.0 Å². The van der Waals surface area contributed by atoms with E-state index in [1.165, 1.54) is 0 Å². The minimum absolute atomic E-state index is 0.0557. The fraction of sp³-hybridized carbons (Fsp3) is 0.350. The highest BCUT2D eigenvalue weighted by atomic mass is 79.9. The predicted molar refractivity (Wildman–Crippen MR) is 109 cm³/mol. The topological polar surface area (TPSA) is 73.8 Å². The number of rotatable bonds is 6. The average molecular weight is 448 g/mol. The van der Waals surface area contributed by atoms with Crippen LogP contribution in [0.1, 0.15) is 18.4 Å².